The van der Waals surface area contributed by atoms with E-state index in [1.54, 1.807) is 45.4 Å². The molecule has 0 saturated carbocycles. The van der Waals surface area contributed by atoms with Crippen molar-refractivity contribution >= 4 is 11.9 Å². The van der Waals surface area contributed by atoms with Crippen molar-refractivity contribution < 1.29 is 23.4 Å². The Labute approximate surface area is 135 Å². The number of hydrogen-bond acceptors (Lipinski definition) is 5. The fraction of sp³-hybridized carbons (Fsp3) is 0.278. The van der Waals surface area contributed by atoms with Gasteiger partial charge in [-0.05, 0) is 44.2 Å². The fourth-order valence-electron chi connectivity index (χ4n) is 2.39. The second kappa shape index (κ2) is 7.05. The maximum atomic E-state index is 12.3. The molecule has 0 aliphatic heterocycles. The van der Waals surface area contributed by atoms with Crippen LogP contribution in [0.5, 0.6) is 17.2 Å². The third-order valence-corrected chi connectivity index (χ3v) is 3.46. The van der Waals surface area contributed by atoms with Gasteiger partial charge in [0.1, 0.15) is 11.5 Å². The number of carbonyl (C=O) groups excluding carboxylic acids is 1. The number of furan rings is 1. The molecule has 2 rings (SSSR count). The monoisotopic (exact) mass is 316 g/mol. The topological polar surface area (TPSA) is 57.9 Å². The summed E-state index contributed by atoms with van der Waals surface area (Å²) >= 11 is 0. The van der Waals surface area contributed by atoms with Crippen LogP contribution in [0, 0.1) is 13.8 Å². The predicted octanol–water partition coefficient (Wildman–Crippen LogP) is 3.82. The summed E-state index contributed by atoms with van der Waals surface area (Å²) in [6.07, 6.45) is 3.17. The van der Waals surface area contributed by atoms with E-state index in [1.807, 2.05) is 6.92 Å². The van der Waals surface area contributed by atoms with Gasteiger partial charge in [-0.1, -0.05) is 0 Å². The molecule has 2 aromatic rings. The number of ketones is 1. The molecule has 0 aliphatic rings. The number of allylic oxidation sites excluding steroid dienone is 1. The number of aryl methyl sites for hydroxylation is 2. The van der Waals surface area contributed by atoms with Crippen molar-refractivity contribution in [3.05, 3.63) is 46.9 Å². The Kier molecular flexibility index (Phi) is 5.11. The van der Waals surface area contributed by atoms with Gasteiger partial charge < -0.3 is 18.6 Å². The van der Waals surface area contributed by atoms with Crippen molar-refractivity contribution in [2.24, 2.45) is 0 Å². The summed E-state index contributed by atoms with van der Waals surface area (Å²) in [6, 6.07) is 5.30. The summed E-state index contributed by atoms with van der Waals surface area (Å²) in [6.45, 7) is 3.58. The van der Waals surface area contributed by atoms with Gasteiger partial charge in [0.25, 0.3) is 0 Å². The fourth-order valence-corrected chi connectivity index (χ4v) is 2.39. The van der Waals surface area contributed by atoms with Gasteiger partial charge in [-0.15, -0.1) is 0 Å². The van der Waals surface area contributed by atoms with Gasteiger partial charge in [0.2, 0.25) is 5.75 Å². The lowest BCUT2D eigenvalue weighted by atomic mass is 10.1. The summed E-state index contributed by atoms with van der Waals surface area (Å²) in [5.41, 5.74) is 1.27. The Hall–Kier alpha value is -2.69. The highest BCUT2D eigenvalue weighted by molar-refractivity contribution is 6.07. The summed E-state index contributed by atoms with van der Waals surface area (Å²) in [7, 11) is 4.64. The first-order valence-corrected chi connectivity index (χ1v) is 7.10. The zero-order chi connectivity index (χ0) is 17.0. The Balaban J connectivity index is 2.36. The van der Waals surface area contributed by atoms with Crippen molar-refractivity contribution in [1.29, 1.82) is 0 Å². The van der Waals surface area contributed by atoms with Crippen LogP contribution in [0.2, 0.25) is 0 Å². The molecule has 0 atom stereocenters. The SMILES string of the molecule is COc1ccc(/C=C/C(=O)c2cc(C)oc2C)c(OC)c1OC. The molecule has 1 aromatic heterocycles. The lowest BCUT2D eigenvalue weighted by Crippen LogP contribution is -1.97. The minimum absolute atomic E-state index is 0.129. The van der Waals surface area contributed by atoms with E-state index in [2.05, 4.69) is 0 Å². The molecule has 1 heterocycles. The number of benzene rings is 1. The largest absolute Gasteiger partial charge is 0.493 e. The molecular weight excluding hydrogens is 296 g/mol. The quantitative estimate of drug-likeness (QED) is 0.599. The second-order valence-electron chi connectivity index (χ2n) is 4.95. The van der Waals surface area contributed by atoms with Crippen molar-refractivity contribution in [2.75, 3.05) is 21.3 Å². The average Bonchev–Trinajstić information content (AvgIpc) is 2.89. The van der Waals surface area contributed by atoms with Gasteiger partial charge >= 0.3 is 0 Å². The van der Waals surface area contributed by atoms with Crippen molar-refractivity contribution in [1.82, 2.24) is 0 Å². The van der Waals surface area contributed by atoms with Gasteiger partial charge in [-0.2, -0.15) is 0 Å². The van der Waals surface area contributed by atoms with Gasteiger partial charge in [-0.25, -0.2) is 0 Å². The van der Waals surface area contributed by atoms with E-state index in [-0.39, 0.29) is 5.78 Å². The van der Waals surface area contributed by atoms with E-state index < -0.39 is 0 Å². The number of carbonyl (C=O) groups is 1. The van der Waals surface area contributed by atoms with E-state index in [0.29, 0.717) is 34.3 Å². The van der Waals surface area contributed by atoms with Crippen LogP contribution in [0.1, 0.15) is 27.4 Å². The first kappa shape index (κ1) is 16.7. The van der Waals surface area contributed by atoms with Crippen LogP contribution in [0.3, 0.4) is 0 Å². The van der Waals surface area contributed by atoms with Crippen molar-refractivity contribution in [3.8, 4) is 17.2 Å². The molecule has 23 heavy (non-hydrogen) atoms. The maximum absolute atomic E-state index is 12.3. The number of rotatable bonds is 6. The lowest BCUT2D eigenvalue weighted by Gasteiger charge is -2.13. The highest BCUT2D eigenvalue weighted by Gasteiger charge is 2.15. The molecule has 5 nitrogen and oxygen atoms in total. The van der Waals surface area contributed by atoms with E-state index in [0.717, 1.165) is 5.56 Å². The summed E-state index contributed by atoms with van der Waals surface area (Å²) in [4.78, 5) is 12.3. The highest BCUT2D eigenvalue weighted by atomic mass is 16.5. The molecule has 0 N–H and O–H groups in total. The van der Waals surface area contributed by atoms with Crippen LogP contribution in [0.4, 0.5) is 0 Å². The van der Waals surface area contributed by atoms with E-state index in [4.69, 9.17) is 18.6 Å². The zero-order valence-corrected chi connectivity index (χ0v) is 13.9. The Bertz CT molecular complexity index is 740. The number of methoxy groups -OCH3 is 3. The number of ether oxygens (including phenoxy) is 3. The molecule has 0 radical (unpaired) electrons. The van der Waals surface area contributed by atoms with Crippen molar-refractivity contribution in [2.45, 2.75) is 13.8 Å². The normalized spacial score (nSPS) is 10.8. The Morgan fingerprint density at radius 1 is 1.04 bits per heavy atom. The first-order valence-electron chi connectivity index (χ1n) is 7.10. The minimum Gasteiger partial charge on any atom is -0.493 e. The van der Waals surface area contributed by atoms with Crippen LogP contribution < -0.4 is 14.2 Å². The van der Waals surface area contributed by atoms with Crippen molar-refractivity contribution in [3.63, 3.8) is 0 Å². The minimum atomic E-state index is -0.129. The van der Waals surface area contributed by atoms with Gasteiger partial charge in [-0.3, -0.25) is 4.79 Å². The Morgan fingerprint density at radius 3 is 2.26 bits per heavy atom. The molecule has 0 amide bonds. The van der Waals surface area contributed by atoms with Crippen LogP contribution in [-0.4, -0.2) is 27.1 Å². The number of hydrogen-bond donors (Lipinski definition) is 0. The van der Waals surface area contributed by atoms with Gasteiger partial charge in [0.15, 0.2) is 17.3 Å². The molecule has 0 aliphatic carbocycles. The van der Waals surface area contributed by atoms with Crippen LogP contribution in [0.25, 0.3) is 6.08 Å². The molecular formula is C18H20O5. The molecule has 5 heteroatoms. The molecule has 122 valence electrons. The van der Waals surface area contributed by atoms with E-state index in [9.17, 15) is 4.79 Å². The molecule has 0 fully saturated rings. The highest BCUT2D eigenvalue weighted by Crippen LogP contribution is 2.40. The summed E-state index contributed by atoms with van der Waals surface area (Å²) in [5.74, 6) is 2.75. The molecule has 0 spiro atoms. The average molecular weight is 316 g/mol. The van der Waals surface area contributed by atoms with E-state index in [1.165, 1.54) is 13.2 Å². The van der Waals surface area contributed by atoms with Gasteiger partial charge in [0, 0.05) is 5.56 Å². The Morgan fingerprint density at radius 2 is 1.74 bits per heavy atom. The second-order valence-corrected chi connectivity index (χ2v) is 4.95. The standard InChI is InChI=1S/C18H20O5/c1-11-10-14(12(2)23-11)15(19)8-6-13-7-9-16(20-3)18(22-5)17(13)21-4/h6-10H,1-5H3/b8-6+. The van der Waals surface area contributed by atoms with Crippen LogP contribution >= 0.6 is 0 Å². The van der Waals surface area contributed by atoms with Crippen LogP contribution in [-0.2, 0) is 0 Å². The molecule has 0 bridgehead atoms. The maximum Gasteiger partial charge on any atom is 0.203 e. The van der Waals surface area contributed by atoms with Gasteiger partial charge in [0.05, 0.1) is 26.9 Å². The third-order valence-electron chi connectivity index (χ3n) is 3.46. The molecule has 0 unspecified atom stereocenters. The summed E-state index contributed by atoms with van der Waals surface area (Å²) in [5, 5.41) is 0. The smallest absolute Gasteiger partial charge is 0.203 e. The molecule has 1 aromatic carbocycles. The molecule has 0 saturated heterocycles. The lowest BCUT2D eigenvalue weighted by molar-refractivity contribution is 0.104. The third kappa shape index (κ3) is 3.39. The first-order chi connectivity index (χ1) is 11.0. The van der Waals surface area contributed by atoms with E-state index >= 15 is 0 Å². The van der Waals surface area contributed by atoms with Crippen LogP contribution in [0.15, 0.2) is 28.7 Å². The summed E-state index contributed by atoms with van der Waals surface area (Å²) < 4.78 is 21.3. The predicted molar refractivity (Wildman–Crippen MR) is 87.6 cm³/mol. The zero-order valence-electron chi connectivity index (χ0n) is 13.9.